The summed E-state index contributed by atoms with van der Waals surface area (Å²) < 4.78 is 0. The van der Waals surface area contributed by atoms with Crippen LogP contribution in [0.2, 0.25) is 0 Å². The van der Waals surface area contributed by atoms with Gasteiger partial charge in [-0.15, -0.1) is 11.3 Å². The molecule has 2 aromatic rings. The third kappa shape index (κ3) is 3.14. The van der Waals surface area contributed by atoms with E-state index in [-0.39, 0.29) is 6.04 Å². The maximum absolute atomic E-state index is 4.37. The first kappa shape index (κ1) is 12.3. The van der Waals surface area contributed by atoms with E-state index in [1.807, 2.05) is 29.7 Å². The quantitative estimate of drug-likeness (QED) is 0.886. The first-order valence-electron chi connectivity index (χ1n) is 5.90. The minimum atomic E-state index is 0.272. The Balaban J connectivity index is 2.02. The standard InChI is InChI=1S/C14H18N2S/c1-10-7-8-14(17-10)12(3)16-11(2)13-6-4-5-9-15-13/h4-9,11-12,16H,1-3H3/t11-,12?/m1/s1. The van der Waals surface area contributed by atoms with Gasteiger partial charge in [0, 0.05) is 28.0 Å². The molecule has 0 aromatic carbocycles. The molecule has 0 spiro atoms. The molecule has 17 heavy (non-hydrogen) atoms. The molecule has 90 valence electrons. The van der Waals surface area contributed by atoms with Crippen molar-refractivity contribution >= 4 is 11.3 Å². The van der Waals surface area contributed by atoms with Crippen LogP contribution in [0, 0.1) is 6.92 Å². The molecule has 3 heteroatoms. The van der Waals surface area contributed by atoms with E-state index in [9.17, 15) is 0 Å². The molecule has 0 radical (unpaired) electrons. The maximum atomic E-state index is 4.37. The maximum Gasteiger partial charge on any atom is 0.0570 e. The summed E-state index contributed by atoms with van der Waals surface area (Å²) in [5.74, 6) is 0. The molecule has 0 aliphatic carbocycles. The van der Waals surface area contributed by atoms with Crippen LogP contribution in [-0.2, 0) is 0 Å². The van der Waals surface area contributed by atoms with Gasteiger partial charge in [0.1, 0.15) is 0 Å². The van der Waals surface area contributed by atoms with Crippen LogP contribution in [-0.4, -0.2) is 4.98 Å². The SMILES string of the molecule is Cc1ccc(C(C)N[C@H](C)c2ccccn2)s1. The van der Waals surface area contributed by atoms with Crippen molar-refractivity contribution in [2.45, 2.75) is 32.9 Å². The largest absolute Gasteiger partial charge is 0.301 e. The summed E-state index contributed by atoms with van der Waals surface area (Å²) in [5, 5.41) is 3.57. The van der Waals surface area contributed by atoms with Gasteiger partial charge >= 0.3 is 0 Å². The molecular formula is C14H18N2S. The zero-order chi connectivity index (χ0) is 12.3. The third-order valence-corrected chi connectivity index (χ3v) is 4.00. The van der Waals surface area contributed by atoms with Crippen LogP contribution in [0.25, 0.3) is 0 Å². The molecule has 0 saturated carbocycles. The molecule has 2 aromatic heterocycles. The Kier molecular flexibility index (Phi) is 3.92. The number of hydrogen-bond donors (Lipinski definition) is 1. The Hall–Kier alpha value is -1.19. The highest BCUT2D eigenvalue weighted by molar-refractivity contribution is 7.12. The number of pyridine rings is 1. The smallest absolute Gasteiger partial charge is 0.0570 e. The molecule has 0 saturated heterocycles. The van der Waals surface area contributed by atoms with Crippen molar-refractivity contribution in [3.63, 3.8) is 0 Å². The van der Waals surface area contributed by atoms with Gasteiger partial charge in [0.25, 0.3) is 0 Å². The van der Waals surface area contributed by atoms with Crippen LogP contribution in [0.3, 0.4) is 0 Å². The zero-order valence-corrected chi connectivity index (χ0v) is 11.3. The van der Waals surface area contributed by atoms with Gasteiger partial charge in [-0.1, -0.05) is 6.07 Å². The number of nitrogens with zero attached hydrogens (tertiary/aromatic N) is 1. The molecule has 2 atom stereocenters. The van der Waals surface area contributed by atoms with E-state index in [0.29, 0.717) is 6.04 Å². The van der Waals surface area contributed by atoms with Crippen molar-refractivity contribution in [3.05, 3.63) is 52.0 Å². The van der Waals surface area contributed by atoms with E-state index in [4.69, 9.17) is 0 Å². The number of hydrogen-bond acceptors (Lipinski definition) is 3. The molecule has 0 aliphatic heterocycles. The number of aromatic nitrogens is 1. The Morgan fingerprint density at radius 3 is 2.53 bits per heavy atom. The second-order valence-corrected chi connectivity index (χ2v) is 5.63. The summed E-state index contributed by atoms with van der Waals surface area (Å²) in [7, 11) is 0. The monoisotopic (exact) mass is 246 g/mol. The van der Waals surface area contributed by atoms with Gasteiger partial charge < -0.3 is 5.32 Å². The van der Waals surface area contributed by atoms with Crippen molar-refractivity contribution < 1.29 is 0 Å². The minimum absolute atomic E-state index is 0.272. The van der Waals surface area contributed by atoms with Gasteiger partial charge in [0.15, 0.2) is 0 Å². The van der Waals surface area contributed by atoms with E-state index in [2.05, 4.69) is 49.3 Å². The van der Waals surface area contributed by atoms with Crippen LogP contribution >= 0.6 is 11.3 Å². The second kappa shape index (κ2) is 5.43. The van der Waals surface area contributed by atoms with Crippen molar-refractivity contribution in [2.75, 3.05) is 0 Å². The fourth-order valence-corrected chi connectivity index (χ4v) is 2.75. The summed E-state index contributed by atoms with van der Waals surface area (Å²) in [6, 6.07) is 11.0. The molecule has 0 bridgehead atoms. The summed E-state index contributed by atoms with van der Waals surface area (Å²) >= 11 is 1.85. The lowest BCUT2D eigenvalue weighted by atomic mass is 10.1. The van der Waals surface area contributed by atoms with Crippen LogP contribution in [0.1, 0.15) is 41.4 Å². The number of thiophene rings is 1. The van der Waals surface area contributed by atoms with Crippen LogP contribution in [0.4, 0.5) is 0 Å². The fourth-order valence-electron chi connectivity index (χ4n) is 1.86. The lowest BCUT2D eigenvalue weighted by Crippen LogP contribution is -2.22. The molecule has 2 heterocycles. The summed E-state index contributed by atoms with van der Waals surface area (Å²) in [6.45, 7) is 6.49. The Morgan fingerprint density at radius 2 is 1.94 bits per heavy atom. The van der Waals surface area contributed by atoms with Crippen molar-refractivity contribution in [3.8, 4) is 0 Å². The topological polar surface area (TPSA) is 24.9 Å². The van der Waals surface area contributed by atoms with Gasteiger partial charge in [-0.2, -0.15) is 0 Å². The van der Waals surface area contributed by atoms with E-state index in [1.54, 1.807) is 0 Å². The average molecular weight is 246 g/mol. The predicted octanol–water partition coefficient (Wildman–Crippen LogP) is 3.86. The Labute approximate surface area is 107 Å². The Bertz CT molecular complexity index is 464. The number of aryl methyl sites for hydroxylation is 1. The molecule has 2 nitrogen and oxygen atoms in total. The van der Waals surface area contributed by atoms with Crippen LogP contribution in [0.5, 0.6) is 0 Å². The fraction of sp³-hybridized carbons (Fsp3) is 0.357. The number of rotatable bonds is 4. The molecule has 1 unspecified atom stereocenters. The van der Waals surface area contributed by atoms with Crippen molar-refractivity contribution in [2.24, 2.45) is 0 Å². The highest BCUT2D eigenvalue weighted by atomic mass is 32.1. The van der Waals surface area contributed by atoms with E-state index >= 15 is 0 Å². The molecule has 0 amide bonds. The lowest BCUT2D eigenvalue weighted by Gasteiger charge is -2.18. The van der Waals surface area contributed by atoms with Crippen molar-refractivity contribution in [1.29, 1.82) is 0 Å². The zero-order valence-electron chi connectivity index (χ0n) is 10.5. The van der Waals surface area contributed by atoms with Gasteiger partial charge in [0.2, 0.25) is 0 Å². The highest BCUT2D eigenvalue weighted by Gasteiger charge is 2.12. The summed E-state index contributed by atoms with van der Waals surface area (Å²) in [4.78, 5) is 7.11. The minimum Gasteiger partial charge on any atom is -0.301 e. The normalized spacial score (nSPS) is 14.5. The average Bonchev–Trinajstić information content (AvgIpc) is 2.77. The van der Waals surface area contributed by atoms with E-state index in [1.165, 1.54) is 9.75 Å². The first-order valence-corrected chi connectivity index (χ1v) is 6.72. The third-order valence-electron chi connectivity index (χ3n) is 2.82. The van der Waals surface area contributed by atoms with Crippen molar-refractivity contribution in [1.82, 2.24) is 10.3 Å². The lowest BCUT2D eigenvalue weighted by molar-refractivity contribution is 0.491. The van der Waals surface area contributed by atoms with E-state index < -0.39 is 0 Å². The molecule has 1 N–H and O–H groups in total. The van der Waals surface area contributed by atoms with Gasteiger partial charge in [-0.25, -0.2) is 0 Å². The molecule has 0 aliphatic rings. The van der Waals surface area contributed by atoms with Crippen LogP contribution < -0.4 is 5.32 Å². The Morgan fingerprint density at radius 1 is 1.12 bits per heavy atom. The van der Waals surface area contributed by atoms with Crippen LogP contribution in [0.15, 0.2) is 36.5 Å². The first-order chi connectivity index (χ1) is 8.16. The summed E-state index contributed by atoms with van der Waals surface area (Å²) in [5.41, 5.74) is 1.09. The molecule has 2 rings (SSSR count). The molecular weight excluding hydrogens is 228 g/mol. The van der Waals surface area contributed by atoms with Gasteiger partial charge in [-0.05, 0) is 45.0 Å². The predicted molar refractivity (Wildman–Crippen MR) is 73.3 cm³/mol. The molecule has 0 fully saturated rings. The highest BCUT2D eigenvalue weighted by Crippen LogP contribution is 2.24. The summed E-state index contributed by atoms with van der Waals surface area (Å²) in [6.07, 6.45) is 1.84. The van der Waals surface area contributed by atoms with Gasteiger partial charge in [0.05, 0.1) is 5.69 Å². The number of nitrogens with one attached hydrogen (secondary N) is 1. The van der Waals surface area contributed by atoms with E-state index in [0.717, 1.165) is 5.69 Å². The second-order valence-electron chi connectivity index (χ2n) is 4.31. The van der Waals surface area contributed by atoms with Gasteiger partial charge in [-0.3, -0.25) is 4.98 Å².